The van der Waals surface area contributed by atoms with Gasteiger partial charge >= 0.3 is 0 Å². The first kappa shape index (κ1) is 15.2. The number of thiocarbonyl (C=S) groups is 1. The van der Waals surface area contributed by atoms with Crippen LogP contribution in [0, 0.1) is 13.8 Å². The molecular weight excluding hydrogens is 280 g/mol. The van der Waals surface area contributed by atoms with Gasteiger partial charge in [-0.15, -0.1) is 0 Å². The number of para-hydroxylation sites is 1. The molecule has 0 atom stereocenters. The number of rotatable bonds is 3. The van der Waals surface area contributed by atoms with E-state index in [0.29, 0.717) is 16.8 Å². The van der Waals surface area contributed by atoms with E-state index in [1.807, 2.05) is 56.3 Å². The van der Waals surface area contributed by atoms with E-state index in [4.69, 9.17) is 18.0 Å². The summed E-state index contributed by atoms with van der Waals surface area (Å²) >= 11 is 5.05. The Morgan fingerprint density at radius 2 is 1.67 bits per heavy atom. The van der Waals surface area contributed by atoms with Gasteiger partial charge in [0.25, 0.3) is 5.91 Å². The van der Waals surface area contributed by atoms with Crippen molar-refractivity contribution in [2.45, 2.75) is 13.8 Å². The zero-order valence-corrected chi connectivity index (χ0v) is 13.2. The van der Waals surface area contributed by atoms with E-state index in [-0.39, 0.29) is 10.9 Å². The molecule has 2 aromatic rings. The molecule has 0 unspecified atom stereocenters. The fraction of sp³-hybridized carbons (Fsp3) is 0.176. The molecule has 0 fully saturated rings. The van der Waals surface area contributed by atoms with E-state index in [2.05, 4.69) is 0 Å². The third-order valence-electron chi connectivity index (χ3n) is 3.30. The number of carbonyl (C=O) groups excluding carboxylic acids is 1. The summed E-state index contributed by atoms with van der Waals surface area (Å²) in [4.78, 5) is 14.5. The zero-order valence-electron chi connectivity index (χ0n) is 12.4. The van der Waals surface area contributed by atoms with E-state index >= 15 is 0 Å². The highest BCUT2D eigenvalue weighted by Crippen LogP contribution is 2.21. The number of nitrogens with two attached hydrogens (primary N) is 1. The van der Waals surface area contributed by atoms with Crippen molar-refractivity contribution in [2.75, 3.05) is 11.9 Å². The topological polar surface area (TPSA) is 46.3 Å². The van der Waals surface area contributed by atoms with Gasteiger partial charge in [-0.25, -0.2) is 0 Å². The molecule has 2 N–H and O–H groups in total. The molecule has 1 amide bonds. The molecule has 3 nitrogen and oxygen atoms in total. The predicted molar refractivity (Wildman–Crippen MR) is 91.0 cm³/mol. The van der Waals surface area contributed by atoms with E-state index in [1.165, 1.54) is 0 Å². The number of hydrogen-bond acceptors (Lipinski definition) is 2. The van der Waals surface area contributed by atoms with Gasteiger partial charge < -0.3 is 10.6 Å². The molecule has 0 saturated carbocycles. The van der Waals surface area contributed by atoms with Gasteiger partial charge in [0, 0.05) is 18.2 Å². The minimum Gasteiger partial charge on any atom is -0.389 e. The van der Waals surface area contributed by atoms with Gasteiger partial charge in [-0.1, -0.05) is 41.5 Å². The molecular formula is C17H18N2OS. The number of amides is 1. The largest absolute Gasteiger partial charge is 0.389 e. The average molecular weight is 298 g/mol. The van der Waals surface area contributed by atoms with Crippen LogP contribution < -0.4 is 10.6 Å². The number of nitrogens with zero attached hydrogens (tertiary/aromatic N) is 1. The summed E-state index contributed by atoms with van der Waals surface area (Å²) in [5.41, 5.74) is 9.94. The summed E-state index contributed by atoms with van der Waals surface area (Å²) in [5, 5.41) is 0. The lowest BCUT2D eigenvalue weighted by Crippen LogP contribution is -2.28. The van der Waals surface area contributed by atoms with E-state index in [9.17, 15) is 4.79 Å². The van der Waals surface area contributed by atoms with Crippen molar-refractivity contribution in [3.05, 3.63) is 64.7 Å². The Bertz CT molecular complexity index is 689. The Morgan fingerprint density at radius 3 is 2.24 bits per heavy atom. The molecule has 108 valence electrons. The van der Waals surface area contributed by atoms with E-state index in [0.717, 1.165) is 11.1 Å². The quantitative estimate of drug-likeness (QED) is 0.885. The van der Waals surface area contributed by atoms with Crippen molar-refractivity contribution in [1.29, 1.82) is 0 Å². The first-order valence-corrected chi connectivity index (χ1v) is 7.06. The predicted octanol–water partition coefficient (Wildman–Crippen LogP) is 3.21. The van der Waals surface area contributed by atoms with Crippen LogP contribution in [-0.4, -0.2) is 17.9 Å². The second kappa shape index (κ2) is 6.06. The number of benzene rings is 2. The molecule has 2 aromatic carbocycles. The van der Waals surface area contributed by atoms with E-state index in [1.54, 1.807) is 11.9 Å². The summed E-state index contributed by atoms with van der Waals surface area (Å²) in [7, 11) is 1.73. The Balaban J connectivity index is 2.42. The highest BCUT2D eigenvalue weighted by Gasteiger charge is 2.17. The molecule has 0 radical (unpaired) electrons. The lowest BCUT2D eigenvalue weighted by molar-refractivity contribution is 0.0993. The summed E-state index contributed by atoms with van der Waals surface area (Å²) in [5.74, 6) is -0.0782. The van der Waals surface area contributed by atoms with Gasteiger partial charge in [0.05, 0.1) is 5.69 Å². The van der Waals surface area contributed by atoms with Crippen molar-refractivity contribution >= 4 is 28.8 Å². The lowest BCUT2D eigenvalue weighted by atomic mass is 10.1. The number of carbonyl (C=O) groups is 1. The summed E-state index contributed by atoms with van der Waals surface area (Å²) in [6, 6.07) is 13.2. The minimum atomic E-state index is -0.0782. The van der Waals surface area contributed by atoms with Crippen LogP contribution >= 0.6 is 12.2 Å². The van der Waals surface area contributed by atoms with Crippen LogP contribution in [0.5, 0.6) is 0 Å². The highest BCUT2D eigenvalue weighted by atomic mass is 32.1. The summed E-state index contributed by atoms with van der Waals surface area (Å²) in [6.07, 6.45) is 0. The van der Waals surface area contributed by atoms with Gasteiger partial charge in [-0.2, -0.15) is 0 Å². The molecule has 0 aliphatic rings. The van der Waals surface area contributed by atoms with Crippen molar-refractivity contribution < 1.29 is 4.79 Å². The van der Waals surface area contributed by atoms with Crippen molar-refractivity contribution in [3.8, 4) is 0 Å². The van der Waals surface area contributed by atoms with Crippen LogP contribution in [-0.2, 0) is 0 Å². The summed E-state index contributed by atoms with van der Waals surface area (Å²) < 4.78 is 0. The Kier molecular flexibility index (Phi) is 4.38. The number of hydrogen-bond donors (Lipinski definition) is 1. The van der Waals surface area contributed by atoms with Crippen LogP contribution in [0.15, 0.2) is 42.5 Å². The molecule has 0 aliphatic heterocycles. The maximum absolute atomic E-state index is 12.7. The SMILES string of the molecule is Cc1cc(C)cc(C(=O)N(C)c2ccccc2C(N)=S)c1. The van der Waals surface area contributed by atoms with Gasteiger partial charge in [0.2, 0.25) is 0 Å². The third kappa shape index (κ3) is 3.28. The second-order valence-corrected chi connectivity index (χ2v) is 5.56. The minimum absolute atomic E-state index is 0.0782. The molecule has 0 heterocycles. The van der Waals surface area contributed by atoms with Gasteiger partial charge in [-0.3, -0.25) is 4.79 Å². The Labute approximate surface area is 130 Å². The molecule has 0 aromatic heterocycles. The van der Waals surface area contributed by atoms with Crippen LogP contribution in [0.4, 0.5) is 5.69 Å². The zero-order chi connectivity index (χ0) is 15.6. The van der Waals surface area contributed by atoms with Crippen molar-refractivity contribution in [1.82, 2.24) is 0 Å². The molecule has 2 rings (SSSR count). The standard InChI is InChI=1S/C17H18N2OS/c1-11-8-12(2)10-13(9-11)17(20)19(3)15-7-5-4-6-14(15)16(18)21/h4-10H,1-3H3,(H2,18,21). The van der Waals surface area contributed by atoms with Crippen molar-refractivity contribution in [2.24, 2.45) is 5.73 Å². The number of anilines is 1. The van der Waals surface area contributed by atoms with Crippen molar-refractivity contribution in [3.63, 3.8) is 0 Å². The fourth-order valence-corrected chi connectivity index (χ4v) is 2.55. The molecule has 0 aliphatic carbocycles. The maximum atomic E-state index is 12.7. The fourth-order valence-electron chi connectivity index (χ4n) is 2.38. The molecule has 0 spiro atoms. The lowest BCUT2D eigenvalue weighted by Gasteiger charge is -2.20. The first-order chi connectivity index (χ1) is 9.90. The van der Waals surface area contributed by atoms with Crippen LogP contribution in [0.1, 0.15) is 27.0 Å². The van der Waals surface area contributed by atoms with Gasteiger partial charge in [0.15, 0.2) is 0 Å². The monoisotopic (exact) mass is 298 g/mol. The molecule has 21 heavy (non-hydrogen) atoms. The normalized spacial score (nSPS) is 10.2. The van der Waals surface area contributed by atoms with Gasteiger partial charge in [0.1, 0.15) is 4.99 Å². The average Bonchev–Trinajstić information content (AvgIpc) is 2.44. The summed E-state index contributed by atoms with van der Waals surface area (Å²) in [6.45, 7) is 3.96. The number of aryl methyl sites for hydroxylation is 2. The molecule has 4 heteroatoms. The van der Waals surface area contributed by atoms with Crippen LogP contribution in [0.25, 0.3) is 0 Å². The van der Waals surface area contributed by atoms with Crippen LogP contribution in [0.3, 0.4) is 0 Å². The molecule has 0 bridgehead atoms. The third-order valence-corrected chi connectivity index (χ3v) is 3.52. The van der Waals surface area contributed by atoms with Crippen LogP contribution in [0.2, 0.25) is 0 Å². The smallest absolute Gasteiger partial charge is 0.258 e. The first-order valence-electron chi connectivity index (χ1n) is 6.65. The maximum Gasteiger partial charge on any atom is 0.258 e. The Morgan fingerprint density at radius 1 is 1.10 bits per heavy atom. The molecule has 0 saturated heterocycles. The highest BCUT2D eigenvalue weighted by molar-refractivity contribution is 7.80. The van der Waals surface area contributed by atoms with E-state index < -0.39 is 0 Å². The van der Waals surface area contributed by atoms with Gasteiger partial charge in [-0.05, 0) is 38.1 Å². The second-order valence-electron chi connectivity index (χ2n) is 5.12. The Hall–Kier alpha value is -2.20.